The zero-order chi connectivity index (χ0) is 20.9. The van der Waals surface area contributed by atoms with Crippen LogP contribution in [0.1, 0.15) is 31.2 Å². The number of carbonyl (C=O) groups excluding carboxylic acids is 3. The third-order valence-electron chi connectivity index (χ3n) is 5.61. The Kier molecular flexibility index (Phi) is 5.97. The minimum absolute atomic E-state index is 0.0359. The number of benzene rings is 2. The van der Waals surface area contributed by atoms with Crippen molar-refractivity contribution in [1.82, 2.24) is 10.6 Å². The number of carbonyl (C=O) groups is 3. The summed E-state index contributed by atoms with van der Waals surface area (Å²) in [4.78, 5) is 41.1. The summed E-state index contributed by atoms with van der Waals surface area (Å²) >= 11 is 0. The topological polar surface area (TPSA) is 81.8 Å². The molecule has 4 rings (SSSR count). The van der Waals surface area contributed by atoms with Crippen LogP contribution in [-0.2, 0) is 16.1 Å². The lowest BCUT2D eigenvalue weighted by molar-refractivity contribution is -0.123. The highest BCUT2D eigenvalue weighted by Crippen LogP contribution is 2.33. The molecule has 2 aromatic rings. The standard InChI is InChI=1S/C23H26N4O3/c28-21(25-18-10-4-5-11-18)15-26-19-12-6-7-13-20(19)27(16-22(26)29)23(30)24-14-17-8-2-1-3-9-17/h1-3,6-9,12-13,18H,4-5,10-11,14-16H2,(H,24,30)(H,25,28). The predicted octanol–water partition coefficient (Wildman–Crippen LogP) is 2.81. The van der Waals surface area contributed by atoms with Gasteiger partial charge in [0.25, 0.3) is 0 Å². The zero-order valence-electron chi connectivity index (χ0n) is 16.8. The molecule has 7 heteroatoms. The molecular formula is C23H26N4O3. The second-order valence-electron chi connectivity index (χ2n) is 7.75. The SMILES string of the molecule is O=C(CN1C(=O)CN(C(=O)NCc2ccccc2)c2ccccc21)NC1CCCC1. The number of hydrogen-bond donors (Lipinski definition) is 2. The van der Waals surface area contributed by atoms with Crippen LogP contribution in [-0.4, -0.2) is 37.0 Å². The molecule has 2 aromatic carbocycles. The molecule has 0 atom stereocenters. The second-order valence-corrected chi connectivity index (χ2v) is 7.75. The van der Waals surface area contributed by atoms with Crippen molar-refractivity contribution in [3.05, 3.63) is 60.2 Å². The maximum atomic E-state index is 12.8. The summed E-state index contributed by atoms with van der Waals surface area (Å²) in [5.74, 6) is -0.433. The lowest BCUT2D eigenvalue weighted by Crippen LogP contribution is -2.53. The van der Waals surface area contributed by atoms with Crippen molar-refractivity contribution in [1.29, 1.82) is 0 Å². The first-order chi connectivity index (χ1) is 14.6. The van der Waals surface area contributed by atoms with Crippen LogP contribution in [0.4, 0.5) is 16.2 Å². The Morgan fingerprint density at radius 1 is 0.933 bits per heavy atom. The smallest absolute Gasteiger partial charge is 0.322 e. The molecule has 0 aromatic heterocycles. The molecule has 4 amide bonds. The first kappa shape index (κ1) is 19.9. The Bertz CT molecular complexity index is 925. The second kappa shape index (κ2) is 8.98. The van der Waals surface area contributed by atoms with E-state index in [1.165, 1.54) is 9.80 Å². The fourth-order valence-electron chi connectivity index (χ4n) is 4.07. The van der Waals surface area contributed by atoms with Crippen LogP contribution in [0.2, 0.25) is 0 Å². The highest BCUT2D eigenvalue weighted by molar-refractivity contribution is 6.12. The van der Waals surface area contributed by atoms with Gasteiger partial charge in [-0.25, -0.2) is 4.79 Å². The minimum Gasteiger partial charge on any atom is -0.352 e. The Labute approximate surface area is 176 Å². The number of hydrogen-bond acceptors (Lipinski definition) is 3. The normalized spacial score (nSPS) is 16.3. The maximum Gasteiger partial charge on any atom is 0.322 e. The van der Waals surface area contributed by atoms with Gasteiger partial charge in [-0.2, -0.15) is 0 Å². The van der Waals surface area contributed by atoms with Crippen molar-refractivity contribution in [2.75, 3.05) is 22.9 Å². The molecule has 2 aliphatic rings. The summed E-state index contributed by atoms with van der Waals surface area (Å²) in [6.45, 7) is 0.236. The van der Waals surface area contributed by atoms with Gasteiger partial charge >= 0.3 is 6.03 Å². The van der Waals surface area contributed by atoms with Crippen molar-refractivity contribution < 1.29 is 14.4 Å². The van der Waals surface area contributed by atoms with Crippen LogP contribution in [0.15, 0.2) is 54.6 Å². The van der Waals surface area contributed by atoms with Crippen LogP contribution in [0.25, 0.3) is 0 Å². The molecule has 0 bridgehead atoms. The van der Waals surface area contributed by atoms with Crippen molar-refractivity contribution in [2.24, 2.45) is 0 Å². The molecule has 1 aliphatic heterocycles. The molecule has 2 N–H and O–H groups in total. The van der Waals surface area contributed by atoms with Gasteiger partial charge in [0.1, 0.15) is 13.1 Å². The van der Waals surface area contributed by atoms with Crippen LogP contribution in [0, 0.1) is 0 Å². The largest absolute Gasteiger partial charge is 0.352 e. The van der Waals surface area contributed by atoms with Gasteiger partial charge in [-0.15, -0.1) is 0 Å². The van der Waals surface area contributed by atoms with Crippen LogP contribution >= 0.6 is 0 Å². The van der Waals surface area contributed by atoms with E-state index >= 15 is 0 Å². The summed E-state index contributed by atoms with van der Waals surface area (Å²) < 4.78 is 0. The van der Waals surface area contributed by atoms with Crippen molar-refractivity contribution in [3.63, 3.8) is 0 Å². The number of anilines is 2. The van der Waals surface area contributed by atoms with E-state index in [4.69, 9.17) is 0 Å². The van der Waals surface area contributed by atoms with E-state index in [1.54, 1.807) is 18.2 Å². The minimum atomic E-state index is -0.338. The Morgan fingerprint density at radius 2 is 1.60 bits per heavy atom. The quantitative estimate of drug-likeness (QED) is 0.801. The van der Waals surface area contributed by atoms with Crippen LogP contribution in [0.3, 0.4) is 0 Å². The maximum absolute atomic E-state index is 12.8. The number of amides is 4. The average molecular weight is 406 g/mol. The van der Waals surface area contributed by atoms with Gasteiger partial charge in [-0.3, -0.25) is 19.4 Å². The molecule has 156 valence electrons. The molecule has 1 saturated carbocycles. The molecule has 1 fully saturated rings. The van der Waals surface area contributed by atoms with Crippen molar-refractivity contribution >= 4 is 29.2 Å². The first-order valence-electron chi connectivity index (χ1n) is 10.4. The summed E-state index contributed by atoms with van der Waals surface area (Å²) in [5.41, 5.74) is 2.18. The fraction of sp³-hybridized carbons (Fsp3) is 0.348. The van der Waals surface area contributed by atoms with E-state index < -0.39 is 0 Å². The summed E-state index contributed by atoms with van der Waals surface area (Å²) in [7, 11) is 0. The third kappa shape index (κ3) is 4.45. The van der Waals surface area contributed by atoms with E-state index in [9.17, 15) is 14.4 Å². The van der Waals surface area contributed by atoms with Crippen molar-refractivity contribution in [3.8, 4) is 0 Å². The van der Waals surface area contributed by atoms with Gasteiger partial charge in [0.2, 0.25) is 11.8 Å². The monoisotopic (exact) mass is 406 g/mol. The number of rotatable bonds is 5. The van der Waals surface area contributed by atoms with Gasteiger partial charge in [-0.05, 0) is 30.5 Å². The van der Waals surface area contributed by atoms with Gasteiger partial charge in [0, 0.05) is 12.6 Å². The van der Waals surface area contributed by atoms with E-state index in [-0.39, 0.29) is 37.0 Å². The third-order valence-corrected chi connectivity index (χ3v) is 5.61. The lowest BCUT2D eigenvalue weighted by Gasteiger charge is -2.35. The van der Waals surface area contributed by atoms with E-state index in [1.807, 2.05) is 36.4 Å². The molecule has 0 radical (unpaired) electrons. The fourth-order valence-corrected chi connectivity index (χ4v) is 4.07. The Balaban J connectivity index is 1.46. The molecule has 1 aliphatic carbocycles. The van der Waals surface area contributed by atoms with Gasteiger partial charge < -0.3 is 10.6 Å². The predicted molar refractivity (Wildman–Crippen MR) is 115 cm³/mol. The molecule has 0 spiro atoms. The number of fused-ring (bicyclic) bond motifs is 1. The molecule has 1 heterocycles. The summed E-state index contributed by atoms with van der Waals surface area (Å²) in [6, 6.07) is 16.7. The first-order valence-corrected chi connectivity index (χ1v) is 10.4. The molecule has 0 unspecified atom stereocenters. The van der Waals surface area contributed by atoms with Gasteiger partial charge in [-0.1, -0.05) is 55.3 Å². The molecule has 7 nitrogen and oxygen atoms in total. The van der Waals surface area contributed by atoms with Gasteiger partial charge in [0.15, 0.2) is 0 Å². The highest BCUT2D eigenvalue weighted by atomic mass is 16.2. The lowest BCUT2D eigenvalue weighted by atomic mass is 10.1. The summed E-state index contributed by atoms with van der Waals surface area (Å²) in [5, 5.41) is 5.90. The van der Waals surface area contributed by atoms with Crippen LogP contribution < -0.4 is 20.4 Å². The molecular weight excluding hydrogens is 380 g/mol. The highest BCUT2D eigenvalue weighted by Gasteiger charge is 2.33. The van der Waals surface area contributed by atoms with Crippen LogP contribution in [0.5, 0.6) is 0 Å². The van der Waals surface area contributed by atoms with E-state index in [0.29, 0.717) is 17.9 Å². The zero-order valence-corrected chi connectivity index (χ0v) is 16.8. The Morgan fingerprint density at radius 3 is 2.33 bits per heavy atom. The number of urea groups is 1. The van der Waals surface area contributed by atoms with Crippen molar-refractivity contribution in [2.45, 2.75) is 38.3 Å². The van der Waals surface area contributed by atoms with E-state index in [2.05, 4.69) is 10.6 Å². The number of para-hydroxylation sites is 2. The van der Waals surface area contributed by atoms with E-state index in [0.717, 1.165) is 31.2 Å². The molecule has 0 saturated heterocycles. The van der Waals surface area contributed by atoms with Gasteiger partial charge in [0.05, 0.1) is 11.4 Å². The number of nitrogens with zero attached hydrogens (tertiary/aromatic N) is 2. The Hall–Kier alpha value is -3.35. The molecule has 30 heavy (non-hydrogen) atoms. The number of nitrogens with one attached hydrogen (secondary N) is 2. The average Bonchev–Trinajstić information content (AvgIpc) is 3.27. The summed E-state index contributed by atoms with van der Waals surface area (Å²) in [6.07, 6.45) is 4.24.